The zero-order valence-corrected chi connectivity index (χ0v) is 13.5. The van der Waals surface area contributed by atoms with Crippen LogP contribution in [0, 0.1) is 11.3 Å². The van der Waals surface area contributed by atoms with E-state index in [0.717, 1.165) is 5.56 Å². The number of aliphatic imine (C=N–C) groups is 1. The SMILES string of the molecule is COc1cc(C#N)c(/N=C/N(C)C)cc1OCc1ccccc1. The molecule has 5 heteroatoms. The van der Waals surface area contributed by atoms with Crippen molar-refractivity contribution in [3.63, 3.8) is 0 Å². The molecule has 0 saturated heterocycles. The summed E-state index contributed by atoms with van der Waals surface area (Å²) in [6, 6.07) is 15.3. The van der Waals surface area contributed by atoms with E-state index in [-0.39, 0.29) is 0 Å². The fourth-order valence-electron chi connectivity index (χ4n) is 1.93. The van der Waals surface area contributed by atoms with Gasteiger partial charge in [-0.25, -0.2) is 4.99 Å². The molecule has 5 nitrogen and oxygen atoms in total. The normalized spacial score (nSPS) is 10.3. The molecule has 0 fully saturated rings. The Morgan fingerprint density at radius 2 is 1.91 bits per heavy atom. The van der Waals surface area contributed by atoms with Crippen LogP contribution in [0.1, 0.15) is 11.1 Å². The molecule has 0 saturated carbocycles. The average Bonchev–Trinajstić information content (AvgIpc) is 2.58. The smallest absolute Gasteiger partial charge is 0.163 e. The van der Waals surface area contributed by atoms with Crippen LogP contribution in [0.2, 0.25) is 0 Å². The first-order chi connectivity index (χ1) is 11.1. The molecule has 2 aromatic carbocycles. The molecule has 0 aromatic heterocycles. The number of hydrogen-bond acceptors (Lipinski definition) is 4. The second-order valence-corrected chi connectivity index (χ2v) is 5.11. The molecule has 0 radical (unpaired) electrons. The zero-order chi connectivity index (χ0) is 16.7. The third kappa shape index (κ3) is 4.48. The van der Waals surface area contributed by atoms with Crippen LogP contribution in [0.3, 0.4) is 0 Å². The van der Waals surface area contributed by atoms with Gasteiger partial charge in [-0.3, -0.25) is 0 Å². The first-order valence-corrected chi connectivity index (χ1v) is 7.13. The molecule has 118 valence electrons. The van der Waals surface area contributed by atoms with E-state index < -0.39 is 0 Å². The van der Waals surface area contributed by atoms with E-state index in [1.54, 1.807) is 30.5 Å². The minimum absolute atomic E-state index is 0.417. The minimum atomic E-state index is 0.417. The van der Waals surface area contributed by atoms with E-state index in [4.69, 9.17) is 9.47 Å². The molecule has 0 aliphatic carbocycles. The quantitative estimate of drug-likeness (QED) is 0.606. The van der Waals surface area contributed by atoms with Crippen molar-refractivity contribution in [2.45, 2.75) is 6.61 Å². The van der Waals surface area contributed by atoms with Crippen molar-refractivity contribution in [3.8, 4) is 17.6 Å². The van der Waals surface area contributed by atoms with Crippen molar-refractivity contribution >= 4 is 12.0 Å². The molecular weight excluding hydrogens is 290 g/mol. The number of hydrogen-bond donors (Lipinski definition) is 0. The second-order valence-electron chi connectivity index (χ2n) is 5.11. The zero-order valence-electron chi connectivity index (χ0n) is 13.5. The molecule has 0 atom stereocenters. The fourth-order valence-corrected chi connectivity index (χ4v) is 1.93. The van der Waals surface area contributed by atoms with Crippen LogP contribution >= 0.6 is 0 Å². The number of nitrogens with zero attached hydrogens (tertiary/aromatic N) is 3. The van der Waals surface area contributed by atoms with Crippen LogP contribution < -0.4 is 9.47 Å². The summed E-state index contributed by atoms with van der Waals surface area (Å²) >= 11 is 0. The lowest BCUT2D eigenvalue weighted by molar-refractivity contribution is 0.284. The molecule has 23 heavy (non-hydrogen) atoms. The Balaban J connectivity index is 2.30. The lowest BCUT2D eigenvalue weighted by Crippen LogP contribution is -2.07. The third-order valence-corrected chi connectivity index (χ3v) is 3.07. The summed E-state index contributed by atoms with van der Waals surface area (Å²) in [4.78, 5) is 6.11. The van der Waals surface area contributed by atoms with Gasteiger partial charge in [0.2, 0.25) is 0 Å². The van der Waals surface area contributed by atoms with E-state index in [2.05, 4.69) is 11.1 Å². The van der Waals surface area contributed by atoms with Gasteiger partial charge in [0.1, 0.15) is 12.7 Å². The summed E-state index contributed by atoms with van der Waals surface area (Å²) in [5.74, 6) is 1.07. The van der Waals surface area contributed by atoms with Crippen molar-refractivity contribution in [1.82, 2.24) is 4.90 Å². The molecule has 0 N–H and O–H groups in total. The van der Waals surface area contributed by atoms with Gasteiger partial charge >= 0.3 is 0 Å². The first kappa shape index (κ1) is 16.4. The maximum atomic E-state index is 9.27. The van der Waals surface area contributed by atoms with E-state index in [0.29, 0.717) is 29.4 Å². The van der Waals surface area contributed by atoms with Crippen LogP contribution in [0.15, 0.2) is 47.5 Å². The molecule has 2 aromatic rings. The summed E-state index contributed by atoms with van der Waals surface area (Å²) in [5, 5.41) is 9.27. The molecule has 0 aliphatic heterocycles. The Hall–Kier alpha value is -3.00. The highest BCUT2D eigenvalue weighted by atomic mass is 16.5. The Morgan fingerprint density at radius 1 is 1.17 bits per heavy atom. The Labute approximate surface area is 136 Å². The van der Waals surface area contributed by atoms with Crippen molar-refractivity contribution in [3.05, 3.63) is 53.6 Å². The largest absolute Gasteiger partial charge is 0.493 e. The Bertz CT molecular complexity index is 719. The number of ether oxygens (including phenoxy) is 2. The highest BCUT2D eigenvalue weighted by Crippen LogP contribution is 2.35. The van der Waals surface area contributed by atoms with Gasteiger partial charge in [0.05, 0.1) is 24.7 Å². The lowest BCUT2D eigenvalue weighted by Gasteiger charge is -2.13. The summed E-state index contributed by atoms with van der Waals surface area (Å²) in [6.45, 7) is 0.417. The summed E-state index contributed by atoms with van der Waals surface area (Å²) in [5.41, 5.74) is 2.04. The molecule has 0 heterocycles. The van der Waals surface area contributed by atoms with E-state index in [1.807, 2.05) is 44.4 Å². The van der Waals surface area contributed by atoms with Crippen LogP contribution in [-0.4, -0.2) is 32.4 Å². The minimum Gasteiger partial charge on any atom is -0.493 e. The van der Waals surface area contributed by atoms with Gasteiger partial charge in [-0.2, -0.15) is 5.26 Å². The highest BCUT2D eigenvalue weighted by molar-refractivity contribution is 5.68. The molecule has 0 spiro atoms. The van der Waals surface area contributed by atoms with Crippen molar-refractivity contribution in [2.24, 2.45) is 4.99 Å². The predicted octanol–water partition coefficient (Wildman–Crippen LogP) is 3.37. The second kappa shape index (κ2) is 7.85. The average molecular weight is 309 g/mol. The molecule has 0 aliphatic rings. The van der Waals surface area contributed by atoms with Gasteiger partial charge in [-0.05, 0) is 5.56 Å². The predicted molar refractivity (Wildman–Crippen MR) is 90.3 cm³/mol. The van der Waals surface area contributed by atoms with Crippen molar-refractivity contribution in [1.29, 1.82) is 5.26 Å². The number of methoxy groups -OCH3 is 1. The maximum Gasteiger partial charge on any atom is 0.163 e. The van der Waals surface area contributed by atoms with Gasteiger partial charge in [0, 0.05) is 26.2 Å². The van der Waals surface area contributed by atoms with Crippen LogP contribution in [0.25, 0.3) is 0 Å². The first-order valence-electron chi connectivity index (χ1n) is 7.13. The molecule has 0 amide bonds. The summed E-state index contributed by atoms with van der Waals surface area (Å²) in [6.07, 6.45) is 1.64. The van der Waals surface area contributed by atoms with Crippen molar-refractivity contribution in [2.75, 3.05) is 21.2 Å². The van der Waals surface area contributed by atoms with Crippen LogP contribution in [-0.2, 0) is 6.61 Å². The summed E-state index contributed by atoms with van der Waals surface area (Å²) < 4.78 is 11.2. The Kier molecular flexibility index (Phi) is 5.59. The van der Waals surface area contributed by atoms with E-state index >= 15 is 0 Å². The fraction of sp³-hybridized carbons (Fsp3) is 0.222. The molecule has 2 rings (SSSR count). The number of nitriles is 1. The number of rotatable bonds is 6. The van der Waals surface area contributed by atoms with Gasteiger partial charge in [0.15, 0.2) is 11.5 Å². The molecular formula is C18H19N3O2. The third-order valence-electron chi connectivity index (χ3n) is 3.07. The van der Waals surface area contributed by atoms with Crippen molar-refractivity contribution < 1.29 is 9.47 Å². The Morgan fingerprint density at radius 3 is 2.52 bits per heavy atom. The van der Waals surface area contributed by atoms with Crippen LogP contribution in [0.5, 0.6) is 11.5 Å². The van der Waals surface area contributed by atoms with Gasteiger partial charge in [0.25, 0.3) is 0 Å². The van der Waals surface area contributed by atoms with E-state index in [9.17, 15) is 5.26 Å². The standard InChI is InChI=1S/C18H19N3O2/c1-21(2)13-20-16-10-18(17(22-3)9-15(16)11-19)23-12-14-7-5-4-6-8-14/h4-10,13H,12H2,1-3H3/b20-13+. The number of benzene rings is 2. The van der Waals surface area contributed by atoms with E-state index in [1.165, 1.54) is 0 Å². The summed E-state index contributed by atoms with van der Waals surface area (Å²) in [7, 11) is 5.28. The monoisotopic (exact) mass is 309 g/mol. The molecule has 0 bridgehead atoms. The lowest BCUT2D eigenvalue weighted by atomic mass is 10.1. The van der Waals surface area contributed by atoms with Crippen LogP contribution in [0.4, 0.5) is 5.69 Å². The maximum absolute atomic E-state index is 9.27. The topological polar surface area (TPSA) is 57.8 Å². The highest BCUT2D eigenvalue weighted by Gasteiger charge is 2.11. The molecule has 0 unspecified atom stereocenters. The van der Waals surface area contributed by atoms with Gasteiger partial charge < -0.3 is 14.4 Å². The van der Waals surface area contributed by atoms with Gasteiger partial charge in [-0.1, -0.05) is 30.3 Å². The van der Waals surface area contributed by atoms with Gasteiger partial charge in [-0.15, -0.1) is 0 Å².